The van der Waals surface area contributed by atoms with Crippen molar-refractivity contribution in [1.29, 1.82) is 0 Å². The van der Waals surface area contributed by atoms with Crippen molar-refractivity contribution in [3.63, 3.8) is 0 Å². The molecule has 0 aliphatic heterocycles. The van der Waals surface area contributed by atoms with Crippen molar-refractivity contribution in [2.75, 3.05) is 0 Å². The second-order valence-electron chi connectivity index (χ2n) is 2.68. The van der Waals surface area contributed by atoms with Crippen molar-refractivity contribution < 1.29 is 9.21 Å². The van der Waals surface area contributed by atoms with E-state index in [1.54, 1.807) is 12.3 Å². The number of hydrogen-bond donors (Lipinski definition) is 1. The monoisotopic (exact) mass is 180 g/mol. The fraction of sp³-hybridized carbons (Fsp3) is 0.333. The highest BCUT2D eigenvalue weighted by molar-refractivity contribution is 5.83. The maximum absolute atomic E-state index is 10.8. The van der Waals surface area contributed by atoms with Crippen molar-refractivity contribution in [3.05, 3.63) is 23.9 Å². The number of allylic oxidation sites excluding steroid dienone is 1. The quantitative estimate of drug-likeness (QED) is 0.750. The number of oxazole rings is 1. The predicted molar refractivity (Wildman–Crippen MR) is 48.7 cm³/mol. The van der Waals surface area contributed by atoms with E-state index in [9.17, 15) is 4.79 Å². The van der Waals surface area contributed by atoms with Crippen LogP contribution in [0.2, 0.25) is 0 Å². The van der Waals surface area contributed by atoms with Crippen LogP contribution in [0.1, 0.15) is 25.4 Å². The molecule has 0 saturated heterocycles. The second-order valence-corrected chi connectivity index (χ2v) is 2.68. The minimum Gasteiger partial charge on any atom is -0.443 e. The summed E-state index contributed by atoms with van der Waals surface area (Å²) in [5.41, 5.74) is 1.39. The molecule has 0 aromatic carbocycles. The average molecular weight is 180 g/mol. The molecule has 1 aromatic heterocycles. The highest BCUT2D eigenvalue weighted by Crippen LogP contribution is 2.10. The molecule has 1 N–H and O–H groups in total. The Morgan fingerprint density at radius 3 is 2.77 bits per heavy atom. The number of carbonyl (C=O) groups excluding carboxylic acids is 1. The number of nitrogens with one attached hydrogen (secondary N) is 1. The molecule has 0 aliphatic rings. The zero-order valence-electron chi connectivity index (χ0n) is 7.92. The molecule has 1 aromatic rings. The third-order valence-corrected chi connectivity index (χ3v) is 1.45. The van der Waals surface area contributed by atoms with Crippen LogP contribution in [0, 0.1) is 6.92 Å². The van der Waals surface area contributed by atoms with Crippen molar-refractivity contribution >= 4 is 11.6 Å². The zero-order chi connectivity index (χ0) is 9.84. The van der Waals surface area contributed by atoms with Gasteiger partial charge in [-0.15, -0.1) is 0 Å². The van der Waals surface area contributed by atoms with Gasteiger partial charge in [-0.05, 0) is 13.8 Å². The molecule has 0 radical (unpaired) electrons. The topological polar surface area (TPSA) is 55.1 Å². The molecule has 0 atom stereocenters. The summed E-state index contributed by atoms with van der Waals surface area (Å²) in [6.07, 6.45) is 3.29. The van der Waals surface area contributed by atoms with E-state index in [1.165, 1.54) is 6.92 Å². The van der Waals surface area contributed by atoms with E-state index in [2.05, 4.69) is 10.3 Å². The van der Waals surface area contributed by atoms with Crippen molar-refractivity contribution in [2.24, 2.45) is 0 Å². The van der Waals surface area contributed by atoms with E-state index >= 15 is 0 Å². The molecule has 1 heterocycles. The largest absolute Gasteiger partial charge is 0.443 e. The van der Waals surface area contributed by atoms with Crippen molar-refractivity contribution in [1.82, 2.24) is 10.3 Å². The zero-order valence-corrected chi connectivity index (χ0v) is 7.92. The van der Waals surface area contributed by atoms with Gasteiger partial charge in [0.2, 0.25) is 11.8 Å². The summed E-state index contributed by atoms with van der Waals surface area (Å²) >= 11 is 0. The normalized spacial score (nSPS) is 11.5. The number of hydrogen-bond acceptors (Lipinski definition) is 3. The van der Waals surface area contributed by atoms with E-state index in [0.717, 1.165) is 5.69 Å². The van der Waals surface area contributed by atoms with Crippen molar-refractivity contribution in [3.8, 4) is 0 Å². The molecule has 70 valence electrons. The Morgan fingerprint density at radius 2 is 2.38 bits per heavy atom. The number of amides is 1. The maximum atomic E-state index is 10.8. The molecule has 0 saturated carbocycles. The average Bonchev–Trinajstić information content (AvgIpc) is 2.47. The molecular formula is C9H12N2O2. The third kappa shape index (κ3) is 2.43. The first-order chi connectivity index (χ1) is 6.13. The van der Waals surface area contributed by atoms with Crippen LogP contribution in [-0.4, -0.2) is 10.9 Å². The van der Waals surface area contributed by atoms with Gasteiger partial charge in [-0.3, -0.25) is 4.79 Å². The molecule has 13 heavy (non-hydrogen) atoms. The lowest BCUT2D eigenvalue weighted by atomic mass is 10.4. The summed E-state index contributed by atoms with van der Waals surface area (Å²) in [4.78, 5) is 14.9. The third-order valence-electron chi connectivity index (χ3n) is 1.45. The van der Waals surface area contributed by atoms with Crippen LogP contribution >= 0.6 is 0 Å². The van der Waals surface area contributed by atoms with Gasteiger partial charge < -0.3 is 9.73 Å². The Kier molecular flexibility index (Phi) is 2.84. The van der Waals surface area contributed by atoms with Crippen LogP contribution < -0.4 is 5.32 Å². The van der Waals surface area contributed by atoms with Gasteiger partial charge in [0.15, 0.2) is 0 Å². The Hall–Kier alpha value is -1.58. The maximum Gasteiger partial charge on any atom is 0.242 e. The molecule has 4 nitrogen and oxygen atoms in total. The van der Waals surface area contributed by atoms with Gasteiger partial charge in [0.05, 0.1) is 11.4 Å². The summed E-state index contributed by atoms with van der Waals surface area (Å²) < 4.78 is 5.12. The molecule has 1 amide bonds. The molecule has 4 heteroatoms. The predicted octanol–water partition coefficient (Wildman–Crippen LogP) is 1.48. The summed E-state index contributed by atoms with van der Waals surface area (Å²) in [5, 5.41) is 2.63. The number of aromatic nitrogens is 1. The van der Waals surface area contributed by atoms with Gasteiger partial charge in [-0.2, -0.15) is 0 Å². The number of nitrogens with zero attached hydrogens (tertiary/aromatic N) is 1. The van der Waals surface area contributed by atoms with Crippen LogP contribution in [0.4, 0.5) is 0 Å². The van der Waals surface area contributed by atoms with E-state index < -0.39 is 0 Å². The van der Waals surface area contributed by atoms with E-state index in [4.69, 9.17) is 4.42 Å². The van der Waals surface area contributed by atoms with E-state index in [-0.39, 0.29) is 5.91 Å². The molecule has 1 rings (SSSR count). The second kappa shape index (κ2) is 3.89. The van der Waals surface area contributed by atoms with Gasteiger partial charge in [0, 0.05) is 6.92 Å². The Balaban J connectivity index is 2.85. The lowest BCUT2D eigenvalue weighted by Gasteiger charge is -2.01. The van der Waals surface area contributed by atoms with Gasteiger partial charge in [0.25, 0.3) is 0 Å². The first-order valence-corrected chi connectivity index (χ1v) is 4.00. The van der Waals surface area contributed by atoms with Gasteiger partial charge in [0.1, 0.15) is 6.26 Å². The Labute approximate surface area is 76.7 Å². The minimum atomic E-state index is -0.135. The lowest BCUT2D eigenvalue weighted by Crippen LogP contribution is -2.18. The van der Waals surface area contributed by atoms with E-state index in [1.807, 2.05) is 13.8 Å². The van der Waals surface area contributed by atoms with E-state index in [0.29, 0.717) is 11.6 Å². The minimum absolute atomic E-state index is 0.135. The number of carbonyl (C=O) groups is 1. The number of rotatable bonds is 2. The fourth-order valence-electron chi connectivity index (χ4n) is 0.916. The number of aryl methyl sites for hydroxylation is 1. The molecule has 0 spiro atoms. The summed E-state index contributed by atoms with van der Waals surface area (Å²) in [5.74, 6) is 0.305. The summed E-state index contributed by atoms with van der Waals surface area (Å²) in [6, 6.07) is 0. The first-order valence-electron chi connectivity index (χ1n) is 4.00. The summed E-state index contributed by atoms with van der Waals surface area (Å²) in [6.45, 7) is 5.08. The highest BCUT2D eigenvalue weighted by atomic mass is 16.3. The van der Waals surface area contributed by atoms with Crippen LogP contribution in [0.3, 0.4) is 0 Å². The van der Waals surface area contributed by atoms with Gasteiger partial charge in [-0.1, -0.05) is 6.08 Å². The lowest BCUT2D eigenvalue weighted by molar-refractivity contribution is -0.117. The van der Waals surface area contributed by atoms with Crippen molar-refractivity contribution in [2.45, 2.75) is 20.8 Å². The standard InChI is InChI=1S/C9H12N2O2/c1-4-8(11-7(3)12)9-10-6(2)5-13-9/h4-5H,1-3H3,(H,11,12)/b8-4-. The fourth-order valence-corrected chi connectivity index (χ4v) is 0.916. The molecule has 0 fully saturated rings. The van der Waals surface area contributed by atoms with Crippen LogP contribution in [0.15, 0.2) is 16.8 Å². The Bertz CT molecular complexity index is 339. The molecular weight excluding hydrogens is 168 g/mol. The smallest absolute Gasteiger partial charge is 0.242 e. The molecule has 0 aliphatic carbocycles. The Morgan fingerprint density at radius 1 is 1.69 bits per heavy atom. The highest BCUT2D eigenvalue weighted by Gasteiger charge is 2.07. The summed E-state index contributed by atoms with van der Waals surface area (Å²) in [7, 11) is 0. The van der Waals surface area contributed by atoms with Gasteiger partial charge in [-0.25, -0.2) is 4.98 Å². The van der Waals surface area contributed by atoms with Crippen LogP contribution in [0.5, 0.6) is 0 Å². The van der Waals surface area contributed by atoms with Crippen LogP contribution in [0.25, 0.3) is 5.70 Å². The first kappa shape index (κ1) is 9.51. The van der Waals surface area contributed by atoms with Crippen LogP contribution in [-0.2, 0) is 4.79 Å². The SMILES string of the molecule is C/C=C(\NC(C)=O)c1nc(C)co1. The molecule has 0 bridgehead atoms. The van der Waals surface area contributed by atoms with Gasteiger partial charge >= 0.3 is 0 Å². The molecule has 0 unspecified atom stereocenters.